The van der Waals surface area contributed by atoms with Crippen LogP contribution in [0, 0.1) is 5.82 Å². The Morgan fingerprint density at radius 3 is 2.59 bits per heavy atom. The molecule has 0 atom stereocenters. The van der Waals surface area contributed by atoms with E-state index in [1.54, 1.807) is 4.90 Å². The molecule has 3 rings (SSSR count). The number of rotatable bonds is 4. The van der Waals surface area contributed by atoms with E-state index in [4.69, 9.17) is 11.6 Å². The molecule has 142 valence electrons. The summed E-state index contributed by atoms with van der Waals surface area (Å²) in [6.45, 7) is 2.72. The van der Waals surface area contributed by atoms with Crippen LogP contribution in [0.1, 0.15) is 46.2 Å². The first-order chi connectivity index (χ1) is 12.9. The van der Waals surface area contributed by atoms with Gasteiger partial charge in [-0.15, -0.1) is 0 Å². The summed E-state index contributed by atoms with van der Waals surface area (Å²) in [5.41, 5.74) is 0.139. The third kappa shape index (κ3) is 4.19. The van der Waals surface area contributed by atoms with Crippen molar-refractivity contribution in [3.05, 3.63) is 58.1 Å². The van der Waals surface area contributed by atoms with Crippen molar-refractivity contribution in [2.24, 2.45) is 0 Å². The van der Waals surface area contributed by atoms with Crippen LogP contribution in [0.15, 0.2) is 30.5 Å². The van der Waals surface area contributed by atoms with Gasteiger partial charge in [0.25, 0.3) is 5.91 Å². The highest BCUT2D eigenvalue weighted by Crippen LogP contribution is 2.23. The average Bonchev–Trinajstić information content (AvgIpc) is 3.12. The maximum atomic E-state index is 13.9. The van der Waals surface area contributed by atoms with Crippen LogP contribution in [0.2, 0.25) is 5.02 Å². The molecule has 27 heavy (non-hydrogen) atoms. The molecule has 1 aromatic carbocycles. The predicted molar refractivity (Wildman–Crippen MR) is 98.4 cm³/mol. The van der Waals surface area contributed by atoms with E-state index in [0.29, 0.717) is 25.9 Å². The monoisotopic (exact) mass is 391 g/mol. The van der Waals surface area contributed by atoms with E-state index < -0.39 is 11.6 Å². The lowest BCUT2D eigenvalue weighted by atomic mass is 10.0. The summed E-state index contributed by atoms with van der Waals surface area (Å²) in [5, 5.41) is 2.91. The van der Waals surface area contributed by atoms with Crippen molar-refractivity contribution in [3.63, 3.8) is 0 Å². The molecule has 0 bridgehead atoms. The number of carbonyl (C=O) groups is 3. The van der Waals surface area contributed by atoms with Gasteiger partial charge in [-0.25, -0.2) is 4.39 Å². The van der Waals surface area contributed by atoms with Crippen molar-refractivity contribution >= 4 is 29.2 Å². The number of aromatic nitrogens is 1. The molecule has 2 aromatic rings. The lowest BCUT2D eigenvalue weighted by Gasteiger charge is -2.31. The number of hydrogen-bond acceptors (Lipinski definition) is 3. The van der Waals surface area contributed by atoms with Gasteiger partial charge in [-0.1, -0.05) is 17.7 Å². The van der Waals surface area contributed by atoms with Crippen LogP contribution in [0.3, 0.4) is 0 Å². The lowest BCUT2D eigenvalue weighted by molar-refractivity contribution is -0.129. The number of carbonyl (C=O) groups excluding carboxylic acids is 3. The molecule has 0 saturated carbocycles. The Morgan fingerprint density at radius 1 is 1.26 bits per heavy atom. The summed E-state index contributed by atoms with van der Waals surface area (Å²) in [6, 6.07) is 5.35. The highest BCUT2D eigenvalue weighted by atomic mass is 35.5. The SMILES string of the molecule is CC(=O)N1CCC(NC(=O)c2cc(C(=O)c3c(F)cccc3Cl)c[nH]2)CC1. The number of benzene rings is 1. The molecule has 1 saturated heterocycles. The topological polar surface area (TPSA) is 82.3 Å². The van der Waals surface area contributed by atoms with Crippen LogP contribution in [0.4, 0.5) is 4.39 Å². The summed E-state index contributed by atoms with van der Waals surface area (Å²) in [6.07, 6.45) is 2.70. The van der Waals surface area contributed by atoms with Gasteiger partial charge < -0.3 is 15.2 Å². The van der Waals surface area contributed by atoms with Crippen molar-refractivity contribution in [1.82, 2.24) is 15.2 Å². The van der Waals surface area contributed by atoms with Crippen LogP contribution in [0.5, 0.6) is 0 Å². The highest BCUT2D eigenvalue weighted by molar-refractivity contribution is 6.35. The minimum absolute atomic E-state index is 0.0180. The summed E-state index contributed by atoms with van der Waals surface area (Å²) in [5.74, 6) is -1.63. The van der Waals surface area contributed by atoms with Crippen LogP contribution in [-0.2, 0) is 4.79 Å². The number of aromatic amines is 1. The first kappa shape index (κ1) is 19.1. The predicted octanol–water partition coefficient (Wildman–Crippen LogP) is 2.78. The zero-order chi connectivity index (χ0) is 19.6. The van der Waals surface area contributed by atoms with Gasteiger partial charge in [0.05, 0.1) is 10.6 Å². The summed E-state index contributed by atoms with van der Waals surface area (Å²) in [7, 11) is 0. The normalized spacial score (nSPS) is 14.9. The molecule has 2 heterocycles. The largest absolute Gasteiger partial charge is 0.356 e. The maximum absolute atomic E-state index is 13.9. The minimum atomic E-state index is -0.711. The van der Waals surface area contributed by atoms with Crippen molar-refractivity contribution in [1.29, 1.82) is 0 Å². The molecule has 8 heteroatoms. The van der Waals surface area contributed by atoms with Crippen LogP contribution in [0.25, 0.3) is 0 Å². The second kappa shape index (κ2) is 7.92. The molecule has 1 aliphatic rings. The van der Waals surface area contributed by atoms with Crippen molar-refractivity contribution < 1.29 is 18.8 Å². The van der Waals surface area contributed by atoms with E-state index in [0.717, 1.165) is 6.07 Å². The van der Waals surface area contributed by atoms with Gasteiger partial charge in [0, 0.05) is 37.8 Å². The van der Waals surface area contributed by atoms with Gasteiger partial charge in [-0.05, 0) is 31.0 Å². The molecule has 1 aliphatic heterocycles. The molecule has 0 aliphatic carbocycles. The number of hydrogen-bond donors (Lipinski definition) is 2. The van der Waals surface area contributed by atoms with Crippen molar-refractivity contribution in [3.8, 4) is 0 Å². The minimum Gasteiger partial charge on any atom is -0.356 e. The second-order valence-electron chi connectivity index (χ2n) is 6.48. The third-order valence-electron chi connectivity index (χ3n) is 4.66. The van der Waals surface area contributed by atoms with Gasteiger partial charge in [0.1, 0.15) is 11.5 Å². The standard InChI is InChI=1S/C19H19ClFN3O3/c1-11(25)24-7-5-13(6-8-24)23-19(27)16-9-12(10-22-16)18(26)17-14(20)3-2-4-15(17)21/h2-4,9-10,13,22H,5-8H2,1H3,(H,23,27). The molecule has 1 aromatic heterocycles. The maximum Gasteiger partial charge on any atom is 0.267 e. The number of nitrogens with one attached hydrogen (secondary N) is 2. The van der Waals surface area contributed by atoms with E-state index in [1.165, 1.54) is 31.3 Å². The van der Waals surface area contributed by atoms with Gasteiger partial charge in [-0.3, -0.25) is 14.4 Å². The van der Waals surface area contributed by atoms with Crippen molar-refractivity contribution in [2.75, 3.05) is 13.1 Å². The molecule has 0 spiro atoms. The Bertz CT molecular complexity index is 868. The second-order valence-corrected chi connectivity index (χ2v) is 6.89. The fourth-order valence-electron chi connectivity index (χ4n) is 3.12. The molecule has 1 fully saturated rings. The van der Waals surface area contributed by atoms with Crippen LogP contribution < -0.4 is 5.32 Å². The lowest BCUT2D eigenvalue weighted by Crippen LogP contribution is -2.46. The zero-order valence-electron chi connectivity index (χ0n) is 14.7. The summed E-state index contributed by atoms with van der Waals surface area (Å²) >= 11 is 5.93. The first-order valence-electron chi connectivity index (χ1n) is 8.60. The number of nitrogens with zero attached hydrogens (tertiary/aromatic N) is 1. The van der Waals surface area contributed by atoms with Crippen molar-refractivity contribution in [2.45, 2.75) is 25.8 Å². The average molecular weight is 392 g/mol. The van der Waals surface area contributed by atoms with Gasteiger partial charge in [0.15, 0.2) is 5.78 Å². The Labute approximate surface area is 160 Å². The van der Waals surface area contributed by atoms with E-state index >= 15 is 0 Å². The molecule has 0 unspecified atom stereocenters. The van der Waals surface area contributed by atoms with E-state index in [2.05, 4.69) is 10.3 Å². The smallest absolute Gasteiger partial charge is 0.267 e. The molecule has 0 radical (unpaired) electrons. The van der Waals surface area contributed by atoms with Gasteiger partial charge >= 0.3 is 0 Å². The fraction of sp³-hybridized carbons (Fsp3) is 0.316. The molecule has 2 N–H and O–H groups in total. The van der Waals surface area contributed by atoms with Gasteiger partial charge in [0.2, 0.25) is 5.91 Å². The number of piperidine rings is 1. The Balaban J connectivity index is 1.66. The zero-order valence-corrected chi connectivity index (χ0v) is 15.5. The van der Waals surface area contributed by atoms with E-state index in [1.807, 2.05) is 0 Å². The Hall–Kier alpha value is -2.67. The van der Waals surface area contributed by atoms with E-state index in [-0.39, 0.29) is 39.7 Å². The number of ketones is 1. The van der Waals surface area contributed by atoms with Gasteiger partial charge in [-0.2, -0.15) is 0 Å². The highest BCUT2D eigenvalue weighted by Gasteiger charge is 2.24. The number of likely N-dealkylation sites (tertiary alicyclic amines) is 1. The van der Waals surface area contributed by atoms with E-state index in [9.17, 15) is 18.8 Å². The summed E-state index contributed by atoms with van der Waals surface area (Å²) in [4.78, 5) is 40.7. The number of halogens is 2. The number of amides is 2. The molecule has 2 amide bonds. The summed E-state index contributed by atoms with van der Waals surface area (Å²) < 4.78 is 13.9. The third-order valence-corrected chi connectivity index (χ3v) is 4.97. The quantitative estimate of drug-likeness (QED) is 0.786. The van der Waals surface area contributed by atoms with Crippen LogP contribution >= 0.6 is 11.6 Å². The molecular formula is C19H19ClFN3O3. The Morgan fingerprint density at radius 2 is 1.96 bits per heavy atom. The molecular weight excluding hydrogens is 373 g/mol. The Kier molecular flexibility index (Phi) is 5.60. The fourth-order valence-corrected chi connectivity index (χ4v) is 3.37. The number of H-pyrrole nitrogens is 1. The van der Waals surface area contributed by atoms with Crippen LogP contribution in [-0.4, -0.2) is 46.6 Å². The first-order valence-corrected chi connectivity index (χ1v) is 8.98. The molecule has 6 nitrogen and oxygen atoms in total.